The maximum atomic E-state index is 12.1. The molecule has 0 N–H and O–H groups in total. The number of benzene rings is 1. The lowest BCUT2D eigenvalue weighted by atomic mass is 10.1. The normalized spacial score (nSPS) is 11.4. The van der Waals surface area contributed by atoms with E-state index in [1.54, 1.807) is 4.57 Å². The Hall–Kier alpha value is -3.43. The fourth-order valence-electron chi connectivity index (χ4n) is 2.11. The summed E-state index contributed by atoms with van der Waals surface area (Å²) < 4.78 is 15.4. The molecule has 2 aromatic rings. The van der Waals surface area contributed by atoms with Crippen molar-refractivity contribution in [1.29, 1.82) is 0 Å². The van der Waals surface area contributed by atoms with Gasteiger partial charge in [-0.15, -0.1) is 0 Å². The van der Waals surface area contributed by atoms with E-state index in [0.717, 1.165) is 5.56 Å². The Morgan fingerprint density at radius 1 is 1.23 bits per heavy atom. The lowest BCUT2D eigenvalue weighted by Gasteiger charge is -2.16. The van der Waals surface area contributed by atoms with Gasteiger partial charge in [0.2, 0.25) is 13.3 Å². The number of hydrogen-bond acceptors (Lipinski definition) is 8. The second kappa shape index (κ2) is 9.16. The number of nitro groups is 1. The van der Waals surface area contributed by atoms with Gasteiger partial charge in [-0.3, -0.25) is 10.1 Å². The molecule has 26 heavy (non-hydrogen) atoms. The standard InChI is InChI=1S/C16H17N3O7/c1-12(13-5-3-2-4-6-13)18-10-17-9-14(18)15(20)25-11-26-16(21)24-8-7-19(22)23/h2-6,9-10,12H,7-8,11H2,1H3/t12-/m1/s1. The van der Waals surface area contributed by atoms with Crippen LogP contribution in [0.2, 0.25) is 0 Å². The van der Waals surface area contributed by atoms with Crippen molar-refractivity contribution < 1.29 is 28.7 Å². The largest absolute Gasteiger partial charge is 0.511 e. The van der Waals surface area contributed by atoms with Crippen LogP contribution in [0.25, 0.3) is 0 Å². The van der Waals surface area contributed by atoms with Crippen LogP contribution < -0.4 is 0 Å². The van der Waals surface area contributed by atoms with Crippen LogP contribution in [-0.2, 0) is 14.2 Å². The molecule has 0 aliphatic heterocycles. The fourth-order valence-corrected chi connectivity index (χ4v) is 2.11. The van der Waals surface area contributed by atoms with E-state index < -0.39 is 37.0 Å². The summed E-state index contributed by atoms with van der Waals surface area (Å²) in [5.74, 6) is -0.733. The van der Waals surface area contributed by atoms with Crippen molar-refractivity contribution >= 4 is 12.1 Å². The summed E-state index contributed by atoms with van der Waals surface area (Å²) in [5.41, 5.74) is 1.16. The first-order valence-corrected chi connectivity index (χ1v) is 7.64. The van der Waals surface area contributed by atoms with E-state index in [-0.39, 0.29) is 11.7 Å². The van der Waals surface area contributed by atoms with Crippen molar-refractivity contribution in [2.75, 3.05) is 19.9 Å². The number of ether oxygens (including phenoxy) is 3. The zero-order valence-corrected chi connectivity index (χ0v) is 13.9. The molecule has 0 saturated heterocycles. The summed E-state index contributed by atoms with van der Waals surface area (Å²) in [6.45, 7) is 0.255. The molecule has 1 aromatic heterocycles. The van der Waals surface area contributed by atoms with E-state index in [9.17, 15) is 19.7 Å². The third-order valence-electron chi connectivity index (χ3n) is 3.44. The van der Waals surface area contributed by atoms with Gasteiger partial charge in [0, 0.05) is 4.92 Å². The Labute approximate surface area is 148 Å². The van der Waals surface area contributed by atoms with Crippen LogP contribution >= 0.6 is 0 Å². The molecule has 2 rings (SSSR count). The smallest absolute Gasteiger partial charge is 0.427 e. The quantitative estimate of drug-likeness (QED) is 0.302. The highest BCUT2D eigenvalue weighted by Gasteiger charge is 2.19. The molecule has 0 amide bonds. The van der Waals surface area contributed by atoms with Gasteiger partial charge in [0.15, 0.2) is 6.61 Å². The van der Waals surface area contributed by atoms with Crippen LogP contribution in [0, 0.1) is 10.1 Å². The van der Waals surface area contributed by atoms with E-state index in [1.165, 1.54) is 12.5 Å². The van der Waals surface area contributed by atoms with Crippen molar-refractivity contribution in [2.45, 2.75) is 13.0 Å². The minimum atomic E-state index is -1.16. The molecule has 1 heterocycles. The first-order chi connectivity index (χ1) is 12.5. The Kier molecular flexibility index (Phi) is 6.66. The molecule has 0 spiro atoms. The third kappa shape index (κ3) is 5.30. The Morgan fingerprint density at radius 3 is 2.65 bits per heavy atom. The molecule has 1 aromatic carbocycles. The van der Waals surface area contributed by atoms with Crippen LogP contribution in [0.3, 0.4) is 0 Å². The number of aromatic nitrogens is 2. The van der Waals surface area contributed by atoms with Crippen molar-refractivity contribution in [3.05, 3.63) is 64.2 Å². The Bertz CT molecular complexity index is 760. The molecule has 0 radical (unpaired) electrons. The molecule has 138 valence electrons. The van der Waals surface area contributed by atoms with E-state index in [0.29, 0.717) is 0 Å². The van der Waals surface area contributed by atoms with E-state index in [1.807, 2.05) is 37.3 Å². The minimum absolute atomic E-state index is 0.158. The molecule has 10 heteroatoms. The van der Waals surface area contributed by atoms with Gasteiger partial charge in [-0.25, -0.2) is 14.6 Å². The van der Waals surface area contributed by atoms with Crippen LogP contribution in [0.1, 0.15) is 29.0 Å². The summed E-state index contributed by atoms with van der Waals surface area (Å²) in [5, 5.41) is 10.1. The first-order valence-electron chi connectivity index (χ1n) is 7.64. The zero-order valence-electron chi connectivity index (χ0n) is 13.9. The first kappa shape index (κ1) is 18.9. The highest BCUT2D eigenvalue weighted by Crippen LogP contribution is 2.19. The van der Waals surface area contributed by atoms with Gasteiger partial charge in [-0.2, -0.15) is 0 Å². The SMILES string of the molecule is C[C@H](c1ccccc1)n1cncc1C(=O)OCOC(=O)OCC[N+](=O)[O-]. The molecule has 0 unspecified atom stereocenters. The Balaban J connectivity index is 1.86. The lowest BCUT2D eigenvalue weighted by molar-refractivity contribution is -0.482. The Morgan fingerprint density at radius 2 is 1.96 bits per heavy atom. The molecule has 10 nitrogen and oxygen atoms in total. The molecule has 0 aliphatic carbocycles. The maximum Gasteiger partial charge on any atom is 0.511 e. The average Bonchev–Trinajstić information content (AvgIpc) is 3.11. The summed E-state index contributed by atoms with van der Waals surface area (Å²) in [6.07, 6.45) is 1.68. The maximum absolute atomic E-state index is 12.1. The molecular weight excluding hydrogens is 346 g/mol. The van der Waals surface area contributed by atoms with Gasteiger partial charge in [-0.05, 0) is 12.5 Å². The average molecular weight is 363 g/mol. The number of carbonyl (C=O) groups excluding carboxylic acids is 2. The lowest BCUT2D eigenvalue weighted by Crippen LogP contribution is -2.19. The van der Waals surface area contributed by atoms with Crippen LogP contribution in [0.15, 0.2) is 42.9 Å². The number of esters is 1. The highest BCUT2D eigenvalue weighted by molar-refractivity contribution is 5.87. The van der Waals surface area contributed by atoms with Crippen molar-refractivity contribution in [1.82, 2.24) is 9.55 Å². The second-order valence-electron chi connectivity index (χ2n) is 5.12. The highest BCUT2D eigenvalue weighted by atomic mass is 16.8. The van der Waals surface area contributed by atoms with Gasteiger partial charge in [-0.1, -0.05) is 30.3 Å². The minimum Gasteiger partial charge on any atom is -0.427 e. The van der Waals surface area contributed by atoms with E-state index in [2.05, 4.69) is 14.5 Å². The number of rotatable bonds is 8. The van der Waals surface area contributed by atoms with E-state index in [4.69, 9.17) is 4.74 Å². The topological polar surface area (TPSA) is 123 Å². The monoisotopic (exact) mass is 363 g/mol. The third-order valence-corrected chi connectivity index (χ3v) is 3.44. The number of carbonyl (C=O) groups is 2. The van der Waals surface area contributed by atoms with Crippen LogP contribution in [0.4, 0.5) is 4.79 Å². The van der Waals surface area contributed by atoms with Gasteiger partial charge in [0.1, 0.15) is 5.69 Å². The summed E-state index contributed by atoms with van der Waals surface area (Å²) in [4.78, 5) is 36.7. The molecule has 1 atom stereocenters. The van der Waals surface area contributed by atoms with Crippen molar-refractivity contribution in [3.8, 4) is 0 Å². The predicted molar refractivity (Wildman–Crippen MR) is 87.1 cm³/mol. The molecular formula is C16H17N3O7. The summed E-state index contributed by atoms with van der Waals surface area (Å²) in [7, 11) is 0. The van der Waals surface area contributed by atoms with Crippen LogP contribution in [0.5, 0.6) is 0 Å². The second-order valence-corrected chi connectivity index (χ2v) is 5.12. The molecule has 0 aliphatic rings. The van der Waals surface area contributed by atoms with Gasteiger partial charge in [0.05, 0.1) is 18.6 Å². The molecule has 0 saturated carbocycles. The van der Waals surface area contributed by atoms with Gasteiger partial charge in [0.25, 0.3) is 0 Å². The summed E-state index contributed by atoms with van der Waals surface area (Å²) >= 11 is 0. The van der Waals surface area contributed by atoms with Crippen molar-refractivity contribution in [2.24, 2.45) is 0 Å². The van der Waals surface area contributed by atoms with Crippen molar-refractivity contribution in [3.63, 3.8) is 0 Å². The molecule has 0 fully saturated rings. The number of nitrogens with zero attached hydrogens (tertiary/aromatic N) is 3. The fraction of sp³-hybridized carbons (Fsp3) is 0.312. The zero-order chi connectivity index (χ0) is 18.9. The predicted octanol–water partition coefficient (Wildman–Crippen LogP) is 2.04. The number of hydrogen-bond donors (Lipinski definition) is 0. The van der Waals surface area contributed by atoms with Gasteiger partial charge >= 0.3 is 12.1 Å². The van der Waals surface area contributed by atoms with Crippen LogP contribution in [-0.4, -0.2) is 46.5 Å². The summed E-state index contributed by atoms with van der Waals surface area (Å²) in [6, 6.07) is 9.35. The van der Waals surface area contributed by atoms with E-state index >= 15 is 0 Å². The number of imidazole rings is 1. The molecule has 0 bridgehead atoms. The van der Waals surface area contributed by atoms with Gasteiger partial charge < -0.3 is 18.8 Å².